The molecule has 242 valence electrons. The summed E-state index contributed by atoms with van der Waals surface area (Å²) in [5.41, 5.74) is 2.06. The van der Waals surface area contributed by atoms with Crippen LogP contribution in [0.3, 0.4) is 0 Å². The highest BCUT2D eigenvalue weighted by molar-refractivity contribution is 7.86. The number of benzene rings is 1. The number of nitrogens with one attached hydrogen (secondary N) is 3. The third-order valence-corrected chi connectivity index (χ3v) is 8.88. The third kappa shape index (κ3) is 10.2. The van der Waals surface area contributed by atoms with Crippen LogP contribution in [0.4, 0.5) is 4.79 Å². The number of hydrogen-bond acceptors (Lipinski definition) is 8. The fourth-order valence-electron chi connectivity index (χ4n) is 4.55. The molecule has 43 heavy (non-hydrogen) atoms. The molecule has 1 aliphatic heterocycles. The van der Waals surface area contributed by atoms with E-state index in [0.29, 0.717) is 18.4 Å². The number of amides is 3. The molecule has 2 rings (SSSR count). The van der Waals surface area contributed by atoms with Crippen molar-refractivity contribution >= 4 is 34.1 Å². The molecule has 0 radical (unpaired) electrons. The molecule has 1 aliphatic rings. The Bertz CT molecular complexity index is 1220. The lowest BCUT2D eigenvalue weighted by molar-refractivity contribution is -0.147. The first-order valence-corrected chi connectivity index (χ1v) is 15.9. The minimum atomic E-state index is -4.44. The molecule has 4 atom stereocenters. The SMILES string of the molecule is CC[C@H](C)[C@H](NC(=O)[C@@H]1CCCN1S(=O)(=O)N(Cc1ccccc1)NC(=O)OC(C)(C)C)C(=O)N[C@H](C(=O)OC)C(C)C. The van der Waals surface area contributed by atoms with E-state index in [0.717, 1.165) is 8.72 Å². The van der Waals surface area contributed by atoms with Crippen molar-refractivity contribution in [2.45, 2.75) is 98.0 Å². The minimum absolute atomic E-state index is 0.0274. The number of rotatable bonds is 13. The number of hydrogen-bond donors (Lipinski definition) is 3. The van der Waals surface area contributed by atoms with Crippen molar-refractivity contribution < 1.29 is 37.1 Å². The second-order valence-corrected chi connectivity index (χ2v) is 13.8. The van der Waals surface area contributed by atoms with Crippen LogP contribution >= 0.6 is 0 Å². The van der Waals surface area contributed by atoms with E-state index in [1.165, 1.54) is 7.11 Å². The van der Waals surface area contributed by atoms with Crippen molar-refractivity contribution in [3.63, 3.8) is 0 Å². The fourth-order valence-corrected chi connectivity index (χ4v) is 6.19. The molecule has 3 amide bonds. The van der Waals surface area contributed by atoms with Crippen molar-refractivity contribution in [1.29, 1.82) is 0 Å². The van der Waals surface area contributed by atoms with Gasteiger partial charge in [-0.3, -0.25) is 9.59 Å². The first kappa shape index (κ1) is 36.0. The first-order valence-electron chi connectivity index (χ1n) is 14.5. The summed E-state index contributed by atoms with van der Waals surface area (Å²) in [6.45, 7) is 11.9. The van der Waals surface area contributed by atoms with Gasteiger partial charge in [-0.05, 0) is 51.0 Å². The number of methoxy groups -OCH3 is 1. The zero-order valence-corrected chi connectivity index (χ0v) is 27.2. The molecule has 0 bridgehead atoms. The van der Waals surface area contributed by atoms with Gasteiger partial charge in [0.25, 0.3) is 10.2 Å². The average Bonchev–Trinajstić information content (AvgIpc) is 3.44. The lowest BCUT2D eigenvalue weighted by Gasteiger charge is -2.32. The molecule has 3 N–H and O–H groups in total. The molecule has 0 spiro atoms. The Kier molecular flexibility index (Phi) is 12.9. The summed E-state index contributed by atoms with van der Waals surface area (Å²) < 4.78 is 39.8. The largest absolute Gasteiger partial charge is 0.467 e. The van der Waals surface area contributed by atoms with Gasteiger partial charge in [0.15, 0.2) is 0 Å². The van der Waals surface area contributed by atoms with Gasteiger partial charge in [0, 0.05) is 6.54 Å². The molecule has 0 aliphatic carbocycles. The second-order valence-electron chi connectivity index (χ2n) is 12.0. The summed E-state index contributed by atoms with van der Waals surface area (Å²) in [5.74, 6) is -2.44. The van der Waals surface area contributed by atoms with Crippen molar-refractivity contribution in [1.82, 2.24) is 24.8 Å². The van der Waals surface area contributed by atoms with Crippen LogP contribution in [0.5, 0.6) is 0 Å². The number of hydrazine groups is 1. The standard InChI is InChI=1S/C29H47N5O8S/c1-9-20(4)24(26(36)30-23(19(2)3)27(37)41-8)31-25(35)22-16-13-17-33(22)43(39,40)34(18-21-14-11-10-12-15-21)32-28(38)42-29(5,6)7/h10-12,14-15,19-20,22-24H,9,13,16-18H2,1-8H3,(H,30,36)(H,31,35)(H,32,38)/t20-,22-,23-,24-/m0/s1. The summed E-state index contributed by atoms with van der Waals surface area (Å²) >= 11 is 0. The molecule has 0 unspecified atom stereocenters. The van der Waals surface area contributed by atoms with Gasteiger partial charge < -0.3 is 20.1 Å². The maximum atomic E-state index is 14.0. The van der Waals surface area contributed by atoms with Gasteiger partial charge in [-0.15, -0.1) is 0 Å². The Balaban J connectivity index is 2.33. The van der Waals surface area contributed by atoms with E-state index >= 15 is 0 Å². The summed E-state index contributed by atoms with van der Waals surface area (Å²) in [6.07, 6.45) is 0.162. The molecular formula is C29H47N5O8S. The van der Waals surface area contributed by atoms with Gasteiger partial charge in [0.05, 0.1) is 13.7 Å². The molecule has 0 aromatic heterocycles. The maximum absolute atomic E-state index is 14.0. The Labute approximate surface area is 255 Å². The van der Waals surface area contributed by atoms with Crippen molar-refractivity contribution in [3.8, 4) is 0 Å². The Morgan fingerprint density at radius 2 is 1.67 bits per heavy atom. The van der Waals surface area contributed by atoms with Gasteiger partial charge in [-0.25, -0.2) is 15.0 Å². The monoisotopic (exact) mass is 625 g/mol. The quantitative estimate of drug-likeness (QED) is 0.222. The summed E-state index contributed by atoms with van der Waals surface area (Å²) in [5, 5.41) is 5.41. The van der Waals surface area contributed by atoms with E-state index in [4.69, 9.17) is 9.47 Å². The highest BCUT2D eigenvalue weighted by atomic mass is 32.2. The Morgan fingerprint density at radius 3 is 2.21 bits per heavy atom. The molecule has 1 heterocycles. The van der Waals surface area contributed by atoms with E-state index < -0.39 is 57.8 Å². The lowest BCUT2D eigenvalue weighted by atomic mass is 9.96. The molecule has 0 saturated carbocycles. The predicted molar refractivity (Wildman–Crippen MR) is 160 cm³/mol. The van der Waals surface area contributed by atoms with Gasteiger partial charge in [0.1, 0.15) is 23.7 Å². The molecule has 1 aromatic carbocycles. The number of carbonyl (C=O) groups excluding carboxylic acids is 4. The average molecular weight is 626 g/mol. The fraction of sp³-hybridized carbons (Fsp3) is 0.655. The zero-order valence-electron chi connectivity index (χ0n) is 26.4. The van der Waals surface area contributed by atoms with Gasteiger partial charge >= 0.3 is 12.1 Å². The van der Waals surface area contributed by atoms with Gasteiger partial charge in [-0.1, -0.05) is 68.9 Å². The summed E-state index contributed by atoms with van der Waals surface area (Å²) in [4.78, 5) is 51.8. The van der Waals surface area contributed by atoms with Gasteiger partial charge in [-0.2, -0.15) is 12.7 Å². The maximum Gasteiger partial charge on any atom is 0.423 e. The van der Waals surface area contributed by atoms with Crippen LogP contribution in [0.1, 0.15) is 73.3 Å². The highest BCUT2D eigenvalue weighted by Gasteiger charge is 2.44. The van der Waals surface area contributed by atoms with Gasteiger partial charge in [0.2, 0.25) is 11.8 Å². The summed E-state index contributed by atoms with van der Waals surface area (Å²) in [6, 6.07) is 5.59. The second kappa shape index (κ2) is 15.5. The van der Waals surface area contributed by atoms with E-state index in [1.807, 2.05) is 6.92 Å². The number of esters is 1. The number of nitrogens with zero attached hydrogens (tertiary/aromatic N) is 2. The van der Waals surface area contributed by atoms with E-state index in [1.54, 1.807) is 71.9 Å². The van der Waals surface area contributed by atoms with Crippen LogP contribution in [0, 0.1) is 11.8 Å². The first-order chi connectivity index (χ1) is 20.0. The highest BCUT2D eigenvalue weighted by Crippen LogP contribution is 2.25. The smallest absolute Gasteiger partial charge is 0.423 e. The van der Waals surface area contributed by atoms with E-state index in [-0.39, 0.29) is 31.3 Å². The van der Waals surface area contributed by atoms with Crippen LogP contribution in [0.2, 0.25) is 0 Å². The minimum Gasteiger partial charge on any atom is -0.467 e. The Morgan fingerprint density at radius 1 is 1.05 bits per heavy atom. The van der Waals surface area contributed by atoms with E-state index in [2.05, 4.69) is 16.1 Å². The van der Waals surface area contributed by atoms with Crippen LogP contribution in [0.25, 0.3) is 0 Å². The van der Waals surface area contributed by atoms with Crippen molar-refractivity contribution in [2.24, 2.45) is 11.8 Å². The van der Waals surface area contributed by atoms with Crippen molar-refractivity contribution in [2.75, 3.05) is 13.7 Å². The molecule has 1 fully saturated rings. The topological polar surface area (TPSA) is 163 Å². The predicted octanol–water partition coefficient (Wildman–Crippen LogP) is 2.48. The molecule has 13 nitrogen and oxygen atoms in total. The molecule has 14 heteroatoms. The normalized spacial score (nSPS) is 18.0. The van der Waals surface area contributed by atoms with Crippen LogP contribution in [-0.2, 0) is 40.6 Å². The molecular weight excluding hydrogens is 578 g/mol. The van der Waals surface area contributed by atoms with Crippen LogP contribution in [-0.4, -0.2) is 78.4 Å². The van der Waals surface area contributed by atoms with E-state index in [9.17, 15) is 27.6 Å². The Hall–Kier alpha value is -3.23. The molecule has 1 saturated heterocycles. The molecule has 1 aromatic rings. The summed E-state index contributed by atoms with van der Waals surface area (Å²) in [7, 11) is -3.21. The van der Waals surface area contributed by atoms with Crippen LogP contribution < -0.4 is 16.1 Å². The van der Waals surface area contributed by atoms with Crippen LogP contribution in [0.15, 0.2) is 30.3 Å². The third-order valence-electron chi connectivity index (χ3n) is 7.08. The zero-order chi connectivity index (χ0) is 32.5. The lowest BCUT2D eigenvalue weighted by Crippen LogP contribution is -2.59. The number of carbonyl (C=O) groups is 4. The number of ether oxygens (including phenoxy) is 2. The van der Waals surface area contributed by atoms with Crippen molar-refractivity contribution in [3.05, 3.63) is 35.9 Å².